The molecule has 0 bridgehead atoms. The van der Waals surface area contributed by atoms with Gasteiger partial charge in [0, 0.05) is 6.20 Å². The third kappa shape index (κ3) is 1.97. The van der Waals surface area contributed by atoms with Gasteiger partial charge in [-0.25, -0.2) is 9.07 Å². The maximum absolute atomic E-state index is 13.7. The first-order valence-corrected chi connectivity index (χ1v) is 5.08. The van der Waals surface area contributed by atoms with Crippen molar-refractivity contribution in [2.75, 3.05) is 0 Å². The maximum atomic E-state index is 13.7. The van der Waals surface area contributed by atoms with Crippen LogP contribution in [0.1, 0.15) is 24.3 Å². The Morgan fingerprint density at radius 1 is 1.38 bits per heavy atom. The van der Waals surface area contributed by atoms with Gasteiger partial charge in [-0.2, -0.15) is 5.10 Å². The standard InChI is InChI=1S/C12H13FN2O/c1-8-5-6-15(14-8)12-4-3-10(9(2)16)7-11(12)13/h3-7,9,16H,1-2H3/t9-/m0/s1. The van der Waals surface area contributed by atoms with Crippen molar-refractivity contribution in [1.82, 2.24) is 9.78 Å². The number of nitrogens with zero attached hydrogens (tertiary/aromatic N) is 2. The van der Waals surface area contributed by atoms with Gasteiger partial charge < -0.3 is 5.11 Å². The van der Waals surface area contributed by atoms with E-state index in [1.807, 2.05) is 13.0 Å². The molecule has 4 heteroatoms. The SMILES string of the molecule is Cc1ccn(-c2ccc([C@H](C)O)cc2F)n1. The van der Waals surface area contributed by atoms with Crippen molar-refractivity contribution in [1.29, 1.82) is 0 Å². The first-order chi connectivity index (χ1) is 7.58. The van der Waals surface area contributed by atoms with Crippen LogP contribution in [-0.4, -0.2) is 14.9 Å². The highest BCUT2D eigenvalue weighted by molar-refractivity contribution is 5.36. The van der Waals surface area contributed by atoms with Crippen LogP contribution < -0.4 is 0 Å². The summed E-state index contributed by atoms with van der Waals surface area (Å²) in [4.78, 5) is 0. The van der Waals surface area contributed by atoms with E-state index in [1.165, 1.54) is 10.7 Å². The van der Waals surface area contributed by atoms with E-state index >= 15 is 0 Å². The highest BCUT2D eigenvalue weighted by atomic mass is 19.1. The van der Waals surface area contributed by atoms with Crippen LogP contribution in [0.15, 0.2) is 30.5 Å². The molecule has 0 aliphatic rings. The maximum Gasteiger partial charge on any atom is 0.149 e. The van der Waals surface area contributed by atoms with E-state index in [-0.39, 0.29) is 5.82 Å². The Balaban J connectivity index is 2.44. The summed E-state index contributed by atoms with van der Waals surface area (Å²) >= 11 is 0. The molecule has 2 aromatic rings. The van der Waals surface area contributed by atoms with Crippen LogP contribution in [0.3, 0.4) is 0 Å². The van der Waals surface area contributed by atoms with Gasteiger partial charge in [0.25, 0.3) is 0 Å². The van der Waals surface area contributed by atoms with E-state index in [0.717, 1.165) is 5.69 Å². The van der Waals surface area contributed by atoms with Crippen LogP contribution in [0, 0.1) is 12.7 Å². The number of rotatable bonds is 2. The monoisotopic (exact) mass is 220 g/mol. The predicted octanol–water partition coefficient (Wildman–Crippen LogP) is 2.37. The lowest BCUT2D eigenvalue weighted by Crippen LogP contribution is -2.01. The average molecular weight is 220 g/mol. The lowest BCUT2D eigenvalue weighted by Gasteiger charge is -2.08. The minimum Gasteiger partial charge on any atom is -0.389 e. The van der Waals surface area contributed by atoms with E-state index in [2.05, 4.69) is 5.10 Å². The van der Waals surface area contributed by atoms with E-state index in [0.29, 0.717) is 11.3 Å². The van der Waals surface area contributed by atoms with Gasteiger partial charge in [-0.15, -0.1) is 0 Å². The molecule has 0 aliphatic heterocycles. The summed E-state index contributed by atoms with van der Waals surface area (Å²) in [5.74, 6) is -0.387. The van der Waals surface area contributed by atoms with Crippen LogP contribution >= 0.6 is 0 Å². The van der Waals surface area contributed by atoms with Crippen LogP contribution in [0.5, 0.6) is 0 Å². The molecule has 0 saturated heterocycles. The molecule has 1 aromatic heterocycles. The lowest BCUT2D eigenvalue weighted by atomic mass is 10.1. The quantitative estimate of drug-likeness (QED) is 0.843. The molecule has 0 saturated carbocycles. The number of aliphatic hydroxyl groups excluding tert-OH is 1. The molecule has 84 valence electrons. The normalized spacial score (nSPS) is 12.8. The summed E-state index contributed by atoms with van der Waals surface area (Å²) in [7, 11) is 0. The van der Waals surface area contributed by atoms with Gasteiger partial charge >= 0.3 is 0 Å². The van der Waals surface area contributed by atoms with Gasteiger partial charge in [-0.1, -0.05) is 6.07 Å². The summed E-state index contributed by atoms with van der Waals surface area (Å²) in [5, 5.41) is 13.5. The molecule has 1 atom stereocenters. The zero-order valence-corrected chi connectivity index (χ0v) is 9.18. The number of aromatic nitrogens is 2. The van der Waals surface area contributed by atoms with Gasteiger partial charge in [-0.05, 0) is 37.6 Å². The van der Waals surface area contributed by atoms with E-state index in [4.69, 9.17) is 0 Å². The van der Waals surface area contributed by atoms with Gasteiger partial charge in [0.15, 0.2) is 0 Å². The van der Waals surface area contributed by atoms with Gasteiger partial charge in [0.05, 0.1) is 11.8 Å². The highest BCUT2D eigenvalue weighted by Crippen LogP contribution is 2.19. The Bertz CT molecular complexity index is 505. The molecule has 2 rings (SSSR count). The molecule has 1 aromatic carbocycles. The number of aryl methyl sites for hydroxylation is 1. The molecule has 3 nitrogen and oxygen atoms in total. The molecule has 1 N–H and O–H groups in total. The van der Waals surface area contributed by atoms with Crippen molar-refractivity contribution in [3.05, 3.63) is 47.5 Å². The molecule has 0 spiro atoms. The molecule has 0 amide bonds. The molecular formula is C12H13FN2O. The lowest BCUT2D eigenvalue weighted by molar-refractivity contribution is 0.199. The predicted molar refractivity (Wildman–Crippen MR) is 58.9 cm³/mol. The summed E-state index contributed by atoms with van der Waals surface area (Å²) in [6.07, 6.45) is 1.04. The van der Waals surface area contributed by atoms with Crippen molar-refractivity contribution < 1.29 is 9.50 Å². The van der Waals surface area contributed by atoms with E-state index in [1.54, 1.807) is 25.3 Å². The number of hydrogen-bond donors (Lipinski definition) is 1. The zero-order chi connectivity index (χ0) is 11.7. The van der Waals surface area contributed by atoms with Crippen LogP contribution in [-0.2, 0) is 0 Å². The second-order valence-corrected chi connectivity index (χ2v) is 3.79. The third-order valence-corrected chi connectivity index (χ3v) is 2.42. The average Bonchev–Trinajstić information content (AvgIpc) is 2.64. The van der Waals surface area contributed by atoms with Gasteiger partial charge in [0.2, 0.25) is 0 Å². The smallest absolute Gasteiger partial charge is 0.149 e. The fourth-order valence-corrected chi connectivity index (χ4v) is 1.52. The molecule has 0 unspecified atom stereocenters. The van der Waals surface area contributed by atoms with E-state index in [9.17, 15) is 9.50 Å². The second kappa shape index (κ2) is 4.06. The molecule has 16 heavy (non-hydrogen) atoms. The topological polar surface area (TPSA) is 38.0 Å². The van der Waals surface area contributed by atoms with E-state index < -0.39 is 6.10 Å². The second-order valence-electron chi connectivity index (χ2n) is 3.79. The number of halogens is 1. The van der Waals surface area contributed by atoms with Crippen molar-refractivity contribution in [3.63, 3.8) is 0 Å². The molecule has 0 radical (unpaired) electrons. The largest absolute Gasteiger partial charge is 0.389 e. The first kappa shape index (κ1) is 10.8. The summed E-state index contributed by atoms with van der Waals surface area (Å²) in [5.41, 5.74) is 1.78. The van der Waals surface area contributed by atoms with Gasteiger partial charge in [-0.3, -0.25) is 0 Å². The van der Waals surface area contributed by atoms with Crippen molar-refractivity contribution in [3.8, 4) is 5.69 Å². The van der Waals surface area contributed by atoms with Crippen LogP contribution in [0.2, 0.25) is 0 Å². The van der Waals surface area contributed by atoms with Crippen LogP contribution in [0.25, 0.3) is 5.69 Å². The summed E-state index contributed by atoms with van der Waals surface area (Å²) < 4.78 is 15.2. The minimum absolute atomic E-state index is 0.387. The Labute approximate surface area is 93.2 Å². The fourth-order valence-electron chi connectivity index (χ4n) is 1.52. The first-order valence-electron chi connectivity index (χ1n) is 5.08. The van der Waals surface area contributed by atoms with Crippen molar-refractivity contribution in [2.24, 2.45) is 0 Å². The Hall–Kier alpha value is -1.68. The fraction of sp³-hybridized carbons (Fsp3) is 0.250. The van der Waals surface area contributed by atoms with Crippen molar-refractivity contribution in [2.45, 2.75) is 20.0 Å². The Morgan fingerprint density at radius 3 is 2.62 bits per heavy atom. The van der Waals surface area contributed by atoms with Crippen molar-refractivity contribution >= 4 is 0 Å². The Kier molecular flexibility index (Phi) is 2.75. The van der Waals surface area contributed by atoms with Crippen LogP contribution in [0.4, 0.5) is 4.39 Å². The third-order valence-electron chi connectivity index (χ3n) is 2.42. The molecule has 1 heterocycles. The molecule has 0 fully saturated rings. The number of hydrogen-bond acceptors (Lipinski definition) is 2. The summed E-state index contributed by atoms with van der Waals surface area (Å²) in [6.45, 7) is 3.45. The minimum atomic E-state index is -0.664. The molecule has 0 aliphatic carbocycles. The zero-order valence-electron chi connectivity index (χ0n) is 9.18. The molecular weight excluding hydrogens is 207 g/mol. The Morgan fingerprint density at radius 2 is 2.12 bits per heavy atom. The number of benzene rings is 1. The number of aliphatic hydroxyl groups is 1. The highest BCUT2D eigenvalue weighted by Gasteiger charge is 2.08. The van der Waals surface area contributed by atoms with Gasteiger partial charge in [0.1, 0.15) is 11.5 Å². The summed E-state index contributed by atoms with van der Waals surface area (Å²) in [6, 6.07) is 6.45.